The number of hydrogen-bond donors (Lipinski definition) is 3. The molecule has 0 saturated heterocycles. The summed E-state index contributed by atoms with van der Waals surface area (Å²) in [5.74, 6) is -0.0327. The summed E-state index contributed by atoms with van der Waals surface area (Å²) in [6.45, 7) is 2.36. The predicted molar refractivity (Wildman–Crippen MR) is 135 cm³/mol. The Bertz CT molecular complexity index is 1180. The molecule has 0 atom stereocenters. The molecule has 0 aliphatic heterocycles. The van der Waals surface area contributed by atoms with E-state index in [1.165, 1.54) is 9.25 Å². The van der Waals surface area contributed by atoms with Gasteiger partial charge in [0.05, 0.1) is 10.7 Å². The van der Waals surface area contributed by atoms with E-state index in [4.69, 9.17) is 35.4 Å². The summed E-state index contributed by atoms with van der Waals surface area (Å²) in [5.41, 5.74) is 6.04. The molecule has 0 fully saturated rings. The fourth-order valence-electron chi connectivity index (χ4n) is 3.10. The fraction of sp³-hybridized carbons (Fsp3) is 0.273. The van der Waals surface area contributed by atoms with Crippen LogP contribution in [0.5, 0.6) is 0 Å². The average Bonchev–Trinajstić information content (AvgIpc) is 3.10. The zero-order valence-corrected chi connectivity index (χ0v) is 20.3. The summed E-state index contributed by atoms with van der Waals surface area (Å²) in [7, 11) is 0. The summed E-state index contributed by atoms with van der Waals surface area (Å²) >= 11 is 17.2. The Morgan fingerprint density at radius 1 is 1.09 bits per heavy atom. The van der Waals surface area contributed by atoms with E-state index in [0.29, 0.717) is 28.1 Å². The molecular weight excluding hydrogens is 483 g/mol. The number of aromatic nitrogens is 3. The van der Waals surface area contributed by atoms with E-state index in [2.05, 4.69) is 28.2 Å². The molecule has 0 aliphatic carbocycles. The van der Waals surface area contributed by atoms with Crippen LogP contribution in [0.15, 0.2) is 53.3 Å². The van der Waals surface area contributed by atoms with E-state index >= 15 is 0 Å². The summed E-state index contributed by atoms with van der Waals surface area (Å²) in [5, 5.41) is 8.34. The van der Waals surface area contributed by atoms with E-state index in [-0.39, 0.29) is 17.3 Å². The summed E-state index contributed by atoms with van der Waals surface area (Å²) in [6, 6.07) is 14.2. The maximum Gasteiger partial charge on any atom is 0.346 e. The second-order valence-corrected chi connectivity index (χ2v) is 8.49. The molecule has 1 heterocycles. The van der Waals surface area contributed by atoms with Gasteiger partial charge in [0.1, 0.15) is 6.54 Å². The standard InChI is InChI=1S/C22H24Cl2N6O2S/c1-2-3-7-12-30-22(32)29(20(28-30)15-8-5-4-6-9-15)14-19(31)26-27-21(33)25-18-11-10-16(23)13-17(18)24/h4-6,8-11,13H,2-3,7,12,14H2,1H3,(H,26,31)(H2,25,27,33). The van der Waals surface area contributed by atoms with Gasteiger partial charge in [-0.25, -0.2) is 9.48 Å². The second-order valence-electron chi connectivity index (χ2n) is 7.24. The number of rotatable bonds is 8. The maximum atomic E-state index is 12.9. The first-order valence-electron chi connectivity index (χ1n) is 10.4. The zero-order valence-electron chi connectivity index (χ0n) is 18.0. The van der Waals surface area contributed by atoms with E-state index in [0.717, 1.165) is 24.8 Å². The highest BCUT2D eigenvalue weighted by atomic mass is 35.5. The predicted octanol–water partition coefficient (Wildman–Crippen LogP) is 4.23. The Kier molecular flexibility index (Phi) is 8.87. The van der Waals surface area contributed by atoms with Gasteiger partial charge in [-0.05, 0) is 36.8 Å². The van der Waals surface area contributed by atoms with Crippen LogP contribution in [0.1, 0.15) is 26.2 Å². The molecule has 3 N–H and O–H groups in total. The lowest BCUT2D eigenvalue weighted by atomic mass is 10.2. The molecule has 0 saturated carbocycles. The SMILES string of the molecule is CCCCCn1nc(-c2ccccc2)n(CC(=O)NNC(=S)Nc2ccc(Cl)cc2Cl)c1=O. The Morgan fingerprint density at radius 3 is 2.55 bits per heavy atom. The van der Waals surface area contributed by atoms with Gasteiger partial charge in [-0.3, -0.25) is 20.2 Å². The number of aryl methyl sites for hydroxylation is 1. The van der Waals surface area contributed by atoms with Gasteiger partial charge in [0.25, 0.3) is 5.91 Å². The van der Waals surface area contributed by atoms with Crippen molar-refractivity contribution in [1.29, 1.82) is 0 Å². The number of nitrogens with one attached hydrogen (secondary N) is 3. The molecule has 2 aromatic carbocycles. The number of unbranched alkanes of at least 4 members (excludes halogenated alkanes) is 2. The average molecular weight is 507 g/mol. The Balaban J connectivity index is 1.68. The molecular formula is C22H24Cl2N6O2S. The number of anilines is 1. The number of halogens is 2. The Hall–Kier alpha value is -2.88. The van der Waals surface area contributed by atoms with Crippen molar-refractivity contribution in [3.63, 3.8) is 0 Å². The minimum Gasteiger partial charge on any atom is -0.330 e. The number of carbonyl (C=O) groups excluding carboxylic acids is 1. The third kappa shape index (κ3) is 6.80. The lowest BCUT2D eigenvalue weighted by molar-refractivity contribution is -0.122. The second kappa shape index (κ2) is 11.8. The molecule has 0 bridgehead atoms. The van der Waals surface area contributed by atoms with Crippen LogP contribution in [-0.2, 0) is 17.9 Å². The van der Waals surface area contributed by atoms with Crippen molar-refractivity contribution in [3.05, 3.63) is 69.1 Å². The van der Waals surface area contributed by atoms with Crippen molar-refractivity contribution in [3.8, 4) is 11.4 Å². The smallest absolute Gasteiger partial charge is 0.330 e. The molecule has 3 rings (SSSR count). The Morgan fingerprint density at radius 2 is 1.85 bits per heavy atom. The van der Waals surface area contributed by atoms with E-state index in [9.17, 15) is 9.59 Å². The van der Waals surface area contributed by atoms with Crippen molar-refractivity contribution < 1.29 is 4.79 Å². The Labute approximate surface area is 206 Å². The zero-order chi connectivity index (χ0) is 23.8. The number of thiocarbonyl (C=S) groups is 1. The highest BCUT2D eigenvalue weighted by molar-refractivity contribution is 7.80. The van der Waals surface area contributed by atoms with Crippen molar-refractivity contribution in [2.75, 3.05) is 5.32 Å². The van der Waals surface area contributed by atoms with Crippen LogP contribution in [0.3, 0.4) is 0 Å². The minimum atomic E-state index is -0.464. The normalized spacial score (nSPS) is 10.6. The molecule has 8 nitrogen and oxygen atoms in total. The van der Waals surface area contributed by atoms with E-state index in [1.54, 1.807) is 18.2 Å². The number of nitrogens with zero attached hydrogens (tertiary/aromatic N) is 3. The largest absolute Gasteiger partial charge is 0.346 e. The van der Waals surface area contributed by atoms with Crippen LogP contribution in [0.4, 0.5) is 5.69 Å². The van der Waals surface area contributed by atoms with Gasteiger partial charge in [0.2, 0.25) is 0 Å². The fourth-order valence-corrected chi connectivity index (χ4v) is 3.71. The van der Waals surface area contributed by atoms with Crippen molar-refractivity contribution in [1.82, 2.24) is 25.2 Å². The van der Waals surface area contributed by atoms with Gasteiger partial charge < -0.3 is 5.32 Å². The number of hydrogen-bond acceptors (Lipinski definition) is 4. The molecule has 3 aromatic rings. The van der Waals surface area contributed by atoms with Gasteiger partial charge in [-0.15, -0.1) is 5.10 Å². The molecule has 0 aliphatic rings. The molecule has 1 aromatic heterocycles. The first kappa shape index (κ1) is 24.8. The first-order valence-corrected chi connectivity index (χ1v) is 11.6. The molecule has 0 radical (unpaired) electrons. The lowest BCUT2D eigenvalue weighted by Gasteiger charge is -2.13. The summed E-state index contributed by atoms with van der Waals surface area (Å²) < 4.78 is 2.76. The van der Waals surface area contributed by atoms with Gasteiger partial charge in [0.15, 0.2) is 10.9 Å². The lowest BCUT2D eigenvalue weighted by Crippen LogP contribution is -2.46. The molecule has 1 amide bonds. The minimum absolute atomic E-state index is 0.124. The van der Waals surface area contributed by atoms with Gasteiger partial charge >= 0.3 is 5.69 Å². The topological polar surface area (TPSA) is 93.0 Å². The van der Waals surface area contributed by atoms with Crippen molar-refractivity contribution >= 4 is 52.1 Å². The number of carbonyl (C=O) groups is 1. The third-order valence-corrected chi connectivity index (χ3v) is 5.48. The van der Waals surface area contributed by atoms with Crippen LogP contribution < -0.4 is 21.9 Å². The van der Waals surface area contributed by atoms with Crippen LogP contribution in [0, 0.1) is 0 Å². The maximum absolute atomic E-state index is 12.9. The number of amides is 1. The highest BCUT2D eigenvalue weighted by Crippen LogP contribution is 2.25. The van der Waals surface area contributed by atoms with Crippen LogP contribution in [-0.4, -0.2) is 25.4 Å². The molecule has 0 unspecified atom stereocenters. The number of hydrazine groups is 1. The van der Waals surface area contributed by atoms with E-state index in [1.807, 2.05) is 30.3 Å². The third-order valence-electron chi connectivity index (χ3n) is 4.72. The molecule has 0 spiro atoms. The quantitative estimate of drug-likeness (QED) is 0.240. The van der Waals surface area contributed by atoms with Crippen LogP contribution >= 0.6 is 35.4 Å². The van der Waals surface area contributed by atoms with Crippen LogP contribution in [0.2, 0.25) is 10.0 Å². The van der Waals surface area contributed by atoms with E-state index < -0.39 is 5.91 Å². The monoisotopic (exact) mass is 506 g/mol. The van der Waals surface area contributed by atoms with Crippen molar-refractivity contribution in [2.45, 2.75) is 39.3 Å². The number of benzene rings is 2. The summed E-state index contributed by atoms with van der Waals surface area (Å²) in [6.07, 6.45) is 2.86. The van der Waals surface area contributed by atoms with Crippen molar-refractivity contribution in [2.24, 2.45) is 0 Å². The molecule has 11 heteroatoms. The van der Waals surface area contributed by atoms with Gasteiger partial charge in [-0.2, -0.15) is 0 Å². The van der Waals surface area contributed by atoms with Gasteiger partial charge in [-0.1, -0.05) is 73.3 Å². The first-order chi connectivity index (χ1) is 15.9. The molecule has 174 valence electrons. The summed E-state index contributed by atoms with van der Waals surface area (Å²) in [4.78, 5) is 25.5. The van der Waals surface area contributed by atoms with Crippen LogP contribution in [0.25, 0.3) is 11.4 Å². The van der Waals surface area contributed by atoms with Gasteiger partial charge in [0, 0.05) is 17.1 Å². The highest BCUT2D eigenvalue weighted by Gasteiger charge is 2.17. The molecule has 33 heavy (non-hydrogen) atoms.